The fraction of sp³-hybridized carbons (Fsp3) is 0.533. The number of rotatable bonds is 8. The van der Waals surface area contributed by atoms with Gasteiger partial charge in [-0.3, -0.25) is 4.79 Å². The third kappa shape index (κ3) is 4.20. The highest BCUT2D eigenvalue weighted by Gasteiger charge is 2.18. The minimum Gasteiger partial charge on any atom is -0.488 e. The molecule has 0 aliphatic carbocycles. The van der Waals surface area contributed by atoms with Gasteiger partial charge in [0.25, 0.3) is 0 Å². The van der Waals surface area contributed by atoms with Gasteiger partial charge < -0.3 is 14.4 Å². The number of amides is 1. The predicted molar refractivity (Wildman–Crippen MR) is 76.6 cm³/mol. The van der Waals surface area contributed by atoms with Crippen molar-refractivity contribution >= 4 is 12.1 Å². The topological polar surface area (TPSA) is 38.8 Å². The highest BCUT2D eigenvalue weighted by molar-refractivity contribution is 5.76. The summed E-state index contributed by atoms with van der Waals surface area (Å²) in [6.07, 6.45) is 0.761. The van der Waals surface area contributed by atoms with Crippen molar-refractivity contribution in [2.24, 2.45) is 5.92 Å². The molecule has 4 nitrogen and oxygen atoms in total. The monoisotopic (exact) mass is 283 g/mol. The average molecular weight is 283 g/mol. The van der Waals surface area contributed by atoms with Crippen LogP contribution in [0.2, 0.25) is 0 Å². The number of hydrogen-bond acceptors (Lipinski definition) is 3. The zero-order valence-electron chi connectivity index (χ0n) is 12.4. The van der Waals surface area contributed by atoms with Crippen molar-refractivity contribution in [1.82, 2.24) is 0 Å². The maximum absolute atomic E-state index is 13.7. The molecule has 0 N–H and O–H groups in total. The van der Waals surface area contributed by atoms with Gasteiger partial charge in [-0.1, -0.05) is 13.8 Å². The van der Waals surface area contributed by atoms with Crippen LogP contribution >= 0.6 is 0 Å². The van der Waals surface area contributed by atoms with E-state index < -0.39 is 5.82 Å². The van der Waals surface area contributed by atoms with Gasteiger partial charge in [-0.15, -0.1) is 0 Å². The second-order valence-electron chi connectivity index (χ2n) is 4.95. The largest absolute Gasteiger partial charge is 0.488 e. The zero-order chi connectivity index (χ0) is 15.1. The van der Waals surface area contributed by atoms with Crippen molar-refractivity contribution in [3.63, 3.8) is 0 Å². The predicted octanol–water partition coefficient (Wildman–Crippen LogP) is 2.86. The Balaban J connectivity index is 2.94. The molecule has 1 aromatic rings. The molecule has 1 amide bonds. The molecule has 0 saturated carbocycles. The first-order valence-corrected chi connectivity index (χ1v) is 6.66. The number of halogens is 1. The van der Waals surface area contributed by atoms with Crippen LogP contribution in [-0.4, -0.2) is 32.8 Å². The number of methoxy groups -OCH3 is 1. The van der Waals surface area contributed by atoms with E-state index in [4.69, 9.17) is 9.47 Å². The number of carbonyl (C=O) groups excluding carboxylic acids is 1. The van der Waals surface area contributed by atoms with Crippen LogP contribution in [-0.2, 0) is 9.53 Å². The SMILES string of the molecule is COCCOc1cc(N(C=O)C(C)C(C)C)ccc1F. The molecule has 0 bridgehead atoms. The molecule has 0 spiro atoms. The molecule has 0 heterocycles. The summed E-state index contributed by atoms with van der Waals surface area (Å²) in [4.78, 5) is 12.9. The summed E-state index contributed by atoms with van der Waals surface area (Å²) < 4.78 is 23.8. The Morgan fingerprint density at radius 1 is 1.30 bits per heavy atom. The van der Waals surface area contributed by atoms with E-state index in [2.05, 4.69) is 0 Å². The summed E-state index contributed by atoms with van der Waals surface area (Å²) in [6, 6.07) is 4.44. The van der Waals surface area contributed by atoms with Gasteiger partial charge in [0.2, 0.25) is 6.41 Å². The number of hydrogen-bond donors (Lipinski definition) is 0. The van der Waals surface area contributed by atoms with Crippen LogP contribution in [0.25, 0.3) is 0 Å². The van der Waals surface area contributed by atoms with Gasteiger partial charge in [-0.25, -0.2) is 4.39 Å². The van der Waals surface area contributed by atoms with Crippen molar-refractivity contribution in [3.8, 4) is 5.75 Å². The summed E-state index contributed by atoms with van der Waals surface area (Å²) in [6.45, 7) is 6.65. The first-order valence-electron chi connectivity index (χ1n) is 6.66. The molecule has 0 radical (unpaired) electrons. The Morgan fingerprint density at radius 2 is 2.00 bits per heavy atom. The van der Waals surface area contributed by atoms with E-state index in [0.29, 0.717) is 18.2 Å². The Labute approximate surface area is 119 Å². The van der Waals surface area contributed by atoms with Crippen LogP contribution in [0.4, 0.5) is 10.1 Å². The molecule has 0 fully saturated rings. The van der Waals surface area contributed by atoms with Gasteiger partial charge in [-0.2, -0.15) is 0 Å². The van der Waals surface area contributed by atoms with E-state index >= 15 is 0 Å². The lowest BCUT2D eigenvalue weighted by molar-refractivity contribution is -0.108. The lowest BCUT2D eigenvalue weighted by atomic mass is 10.0. The molecule has 1 rings (SSSR count). The van der Waals surface area contributed by atoms with Crippen molar-refractivity contribution in [2.45, 2.75) is 26.8 Å². The molecule has 20 heavy (non-hydrogen) atoms. The van der Waals surface area contributed by atoms with Gasteiger partial charge in [-0.05, 0) is 25.0 Å². The highest BCUT2D eigenvalue weighted by atomic mass is 19.1. The van der Waals surface area contributed by atoms with Crippen molar-refractivity contribution < 1.29 is 18.7 Å². The molecular weight excluding hydrogens is 261 g/mol. The maximum atomic E-state index is 13.7. The fourth-order valence-electron chi connectivity index (χ4n) is 1.71. The fourth-order valence-corrected chi connectivity index (χ4v) is 1.71. The molecule has 1 unspecified atom stereocenters. The molecule has 0 aliphatic heterocycles. The van der Waals surface area contributed by atoms with Crippen molar-refractivity contribution in [2.75, 3.05) is 25.2 Å². The first kappa shape index (κ1) is 16.4. The van der Waals surface area contributed by atoms with E-state index in [1.54, 1.807) is 18.1 Å². The number of ether oxygens (including phenoxy) is 2. The average Bonchev–Trinajstić information content (AvgIpc) is 2.42. The van der Waals surface area contributed by atoms with Crippen LogP contribution < -0.4 is 9.64 Å². The van der Waals surface area contributed by atoms with Gasteiger partial charge in [0, 0.05) is 24.9 Å². The minimum absolute atomic E-state index is 0.0183. The quantitative estimate of drug-likeness (QED) is 0.544. The van der Waals surface area contributed by atoms with Gasteiger partial charge >= 0.3 is 0 Å². The first-order chi connectivity index (χ1) is 9.51. The van der Waals surface area contributed by atoms with Gasteiger partial charge in [0.15, 0.2) is 11.6 Å². The van der Waals surface area contributed by atoms with E-state index in [1.165, 1.54) is 12.1 Å². The van der Waals surface area contributed by atoms with Gasteiger partial charge in [0.1, 0.15) is 6.61 Å². The van der Waals surface area contributed by atoms with E-state index in [-0.39, 0.29) is 18.4 Å². The van der Waals surface area contributed by atoms with E-state index in [1.807, 2.05) is 20.8 Å². The Morgan fingerprint density at radius 3 is 2.55 bits per heavy atom. The number of anilines is 1. The molecule has 0 aliphatic rings. The third-order valence-corrected chi connectivity index (χ3v) is 3.28. The summed E-state index contributed by atoms with van der Waals surface area (Å²) in [5, 5.41) is 0. The molecule has 0 saturated heterocycles. The van der Waals surface area contributed by atoms with E-state index in [0.717, 1.165) is 6.41 Å². The summed E-state index contributed by atoms with van der Waals surface area (Å²) >= 11 is 0. The Hall–Kier alpha value is -1.62. The normalized spacial score (nSPS) is 12.3. The Kier molecular flexibility index (Phi) is 6.45. The molecule has 5 heteroatoms. The van der Waals surface area contributed by atoms with Crippen LogP contribution in [0.5, 0.6) is 5.75 Å². The smallest absolute Gasteiger partial charge is 0.214 e. The number of carbonyl (C=O) groups is 1. The van der Waals surface area contributed by atoms with Crippen LogP contribution in [0.3, 0.4) is 0 Å². The van der Waals surface area contributed by atoms with Crippen molar-refractivity contribution in [1.29, 1.82) is 0 Å². The van der Waals surface area contributed by atoms with Crippen LogP contribution in [0.1, 0.15) is 20.8 Å². The molecule has 112 valence electrons. The van der Waals surface area contributed by atoms with E-state index in [9.17, 15) is 9.18 Å². The minimum atomic E-state index is -0.451. The molecular formula is C15H22FNO3. The molecule has 1 aromatic carbocycles. The van der Waals surface area contributed by atoms with Gasteiger partial charge in [0.05, 0.1) is 6.61 Å². The number of nitrogens with zero attached hydrogens (tertiary/aromatic N) is 1. The third-order valence-electron chi connectivity index (χ3n) is 3.28. The maximum Gasteiger partial charge on any atom is 0.214 e. The standard InChI is InChI=1S/C15H22FNO3/c1-11(2)12(3)17(10-18)13-5-6-14(16)15(9-13)20-8-7-19-4/h5-6,9-12H,7-8H2,1-4H3. The number of benzene rings is 1. The highest BCUT2D eigenvalue weighted by Crippen LogP contribution is 2.26. The van der Waals surface area contributed by atoms with Crippen molar-refractivity contribution in [3.05, 3.63) is 24.0 Å². The second-order valence-corrected chi connectivity index (χ2v) is 4.95. The Bertz CT molecular complexity index is 437. The second kappa shape index (κ2) is 7.85. The summed E-state index contributed by atoms with van der Waals surface area (Å²) in [5.41, 5.74) is 0.620. The van der Waals surface area contributed by atoms with Crippen LogP contribution in [0.15, 0.2) is 18.2 Å². The molecule has 1 atom stereocenters. The lowest BCUT2D eigenvalue weighted by Gasteiger charge is -2.28. The summed E-state index contributed by atoms with van der Waals surface area (Å²) in [5.74, 6) is -0.0293. The summed E-state index contributed by atoms with van der Waals surface area (Å²) in [7, 11) is 1.55. The lowest BCUT2D eigenvalue weighted by Crippen LogP contribution is -2.35. The molecule has 0 aromatic heterocycles. The zero-order valence-corrected chi connectivity index (χ0v) is 12.4. The van der Waals surface area contributed by atoms with Crippen LogP contribution in [0, 0.1) is 11.7 Å².